The van der Waals surface area contributed by atoms with Gasteiger partial charge in [0.25, 0.3) is 0 Å². The Bertz CT molecular complexity index is 417. The number of hydrogen-bond donors (Lipinski definition) is 2. The summed E-state index contributed by atoms with van der Waals surface area (Å²) in [5.74, 6) is -0.321. The number of piperidine rings is 1. The number of esters is 1. The lowest BCUT2D eigenvalue weighted by atomic mass is 10.0. The SMILES string of the molecule is COC(=O)c1ccc(CNCC2CCCCN2C)[nH]1. The predicted molar refractivity (Wildman–Crippen MR) is 74.1 cm³/mol. The van der Waals surface area contributed by atoms with Gasteiger partial charge in [0.2, 0.25) is 0 Å². The van der Waals surface area contributed by atoms with Crippen LogP contribution in [-0.4, -0.2) is 49.1 Å². The standard InChI is InChI=1S/C14H23N3O2/c1-17-8-4-3-5-12(17)10-15-9-11-6-7-13(16-11)14(18)19-2/h6-7,12,15-16H,3-5,8-10H2,1-2H3. The molecule has 1 aromatic heterocycles. The average Bonchev–Trinajstić information content (AvgIpc) is 2.89. The number of ether oxygens (including phenoxy) is 1. The molecule has 1 unspecified atom stereocenters. The van der Waals surface area contributed by atoms with E-state index in [4.69, 9.17) is 0 Å². The van der Waals surface area contributed by atoms with Crippen LogP contribution in [0.15, 0.2) is 12.1 Å². The summed E-state index contributed by atoms with van der Waals surface area (Å²) in [5, 5.41) is 3.45. The summed E-state index contributed by atoms with van der Waals surface area (Å²) >= 11 is 0. The van der Waals surface area contributed by atoms with Crippen LogP contribution in [0.3, 0.4) is 0 Å². The number of methoxy groups -OCH3 is 1. The van der Waals surface area contributed by atoms with E-state index in [-0.39, 0.29) is 5.97 Å². The quantitative estimate of drug-likeness (QED) is 0.790. The van der Waals surface area contributed by atoms with Crippen molar-refractivity contribution in [3.63, 3.8) is 0 Å². The zero-order valence-corrected chi connectivity index (χ0v) is 11.7. The number of H-pyrrole nitrogens is 1. The molecule has 1 saturated heterocycles. The molecule has 5 nitrogen and oxygen atoms in total. The summed E-state index contributed by atoms with van der Waals surface area (Å²) in [6.45, 7) is 2.94. The molecule has 106 valence electrons. The highest BCUT2D eigenvalue weighted by Crippen LogP contribution is 2.14. The molecule has 1 aliphatic heterocycles. The number of aromatic nitrogens is 1. The van der Waals surface area contributed by atoms with Gasteiger partial charge in [0, 0.05) is 24.8 Å². The molecule has 2 heterocycles. The van der Waals surface area contributed by atoms with Crippen molar-refractivity contribution in [2.75, 3.05) is 27.2 Å². The maximum absolute atomic E-state index is 11.3. The van der Waals surface area contributed by atoms with Crippen molar-refractivity contribution in [3.05, 3.63) is 23.5 Å². The molecule has 0 amide bonds. The van der Waals surface area contributed by atoms with Gasteiger partial charge in [-0.15, -0.1) is 0 Å². The maximum atomic E-state index is 11.3. The number of aromatic amines is 1. The van der Waals surface area contributed by atoms with Crippen molar-refractivity contribution in [1.82, 2.24) is 15.2 Å². The van der Waals surface area contributed by atoms with Gasteiger partial charge in [-0.05, 0) is 38.6 Å². The maximum Gasteiger partial charge on any atom is 0.354 e. The first kappa shape index (κ1) is 14.1. The van der Waals surface area contributed by atoms with E-state index in [0.29, 0.717) is 11.7 Å². The zero-order valence-electron chi connectivity index (χ0n) is 11.7. The first-order valence-corrected chi connectivity index (χ1v) is 6.88. The summed E-state index contributed by atoms with van der Waals surface area (Å²) in [6, 6.07) is 4.31. The van der Waals surface area contributed by atoms with E-state index in [9.17, 15) is 4.79 Å². The van der Waals surface area contributed by atoms with Gasteiger partial charge in [-0.3, -0.25) is 0 Å². The van der Waals surface area contributed by atoms with Gasteiger partial charge in [-0.25, -0.2) is 4.79 Å². The Morgan fingerprint density at radius 3 is 3.11 bits per heavy atom. The molecule has 0 radical (unpaired) electrons. The third-order valence-corrected chi connectivity index (χ3v) is 3.77. The Balaban J connectivity index is 1.76. The van der Waals surface area contributed by atoms with Crippen LogP contribution in [0.5, 0.6) is 0 Å². The van der Waals surface area contributed by atoms with E-state index in [2.05, 4.69) is 27.0 Å². The number of likely N-dealkylation sites (N-methyl/N-ethyl adjacent to an activating group) is 1. The van der Waals surface area contributed by atoms with Crippen LogP contribution in [0.25, 0.3) is 0 Å². The molecule has 1 atom stereocenters. The molecule has 2 rings (SSSR count). The predicted octanol–water partition coefficient (Wildman–Crippen LogP) is 1.38. The van der Waals surface area contributed by atoms with Gasteiger partial charge in [0.05, 0.1) is 7.11 Å². The molecular weight excluding hydrogens is 242 g/mol. The van der Waals surface area contributed by atoms with Crippen LogP contribution in [0.2, 0.25) is 0 Å². The van der Waals surface area contributed by atoms with Crippen molar-refractivity contribution >= 4 is 5.97 Å². The van der Waals surface area contributed by atoms with E-state index >= 15 is 0 Å². The highest BCUT2D eigenvalue weighted by Gasteiger charge is 2.18. The van der Waals surface area contributed by atoms with Gasteiger partial charge in [0.15, 0.2) is 0 Å². The second-order valence-corrected chi connectivity index (χ2v) is 5.15. The highest BCUT2D eigenvalue weighted by molar-refractivity contribution is 5.87. The van der Waals surface area contributed by atoms with Crippen LogP contribution in [0, 0.1) is 0 Å². The van der Waals surface area contributed by atoms with Crippen molar-refractivity contribution in [3.8, 4) is 0 Å². The Morgan fingerprint density at radius 1 is 1.53 bits per heavy atom. The van der Waals surface area contributed by atoms with Crippen LogP contribution >= 0.6 is 0 Å². The summed E-state index contributed by atoms with van der Waals surface area (Å²) in [5.41, 5.74) is 1.52. The molecule has 0 saturated carbocycles. The van der Waals surface area contributed by atoms with Gasteiger partial charge >= 0.3 is 5.97 Å². The first-order chi connectivity index (χ1) is 9.20. The highest BCUT2D eigenvalue weighted by atomic mass is 16.5. The molecule has 0 bridgehead atoms. The Kier molecular flexibility index (Phi) is 4.99. The Morgan fingerprint density at radius 2 is 2.37 bits per heavy atom. The first-order valence-electron chi connectivity index (χ1n) is 6.88. The van der Waals surface area contributed by atoms with Gasteiger partial charge < -0.3 is 19.9 Å². The number of carbonyl (C=O) groups is 1. The molecule has 0 aromatic carbocycles. The molecule has 1 aromatic rings. The van der Waals surface area contributed by atoms with E-state index < -0.39 is 0 Å². The third kappa shape index (κ3) is 3.81. The lowest BCUT2D eigenvalue weighted by Gasteiger charge is -2.32. The summed E-state index contributed by atoms with van der Waals surface area (Å²) < 4.78 is 4.67. The molecule has 2 N–H and O–H groups in total. The number of hydrogen-bond acceptors (Lipinski definition) is 4. The minimum Gasteiger partial charge on any atom is -0.464 e. The van der Waals surface area contributed by atoms with Gasteiger partial charge in [0.1, 0.15) is 5.69 Å². The summed E-state index contributed by atoms with van der Waals surface area (Å²) in [7, 11) is 3.58. The van der Waals surface area contributed by atoms with E-state index in [1.54, 1.807) is 6.07 Å². The topological polar surface area (TPSA) is 57.4 Å². The van der Waals surface area contributed by atoms with E-state index in [1.807, 2.05) is 6.07 Å². The number of rotatable bonds is 5. The summed E-state index contributed by atoms with van der Waals surface area (Å²) in [6.07, 6.45) is 3.90. The third-order valence-electron chi connectivity index (χ3n) is 3.77. The van der Waals surface area contributed by atoms with E-state index in [1.165, 1.54) is 32.9 Å². The number of likely N-dealkylation sites (tertiary alicyclic amines) is 1. The minimum atomic E-state index is -0.321. The fourth-order valence-corrected chi connectivity index (χ4v) is 2.55. The van der Waals surface area contributed by atoms with Crippen LogP contribution in [-0.2, 0) is 11.3 Å². The van der Waals surface area contributed by atoms with Crippen molar-refractivity contribution in [1.29, 1.82) is 0 Å². The second-order valence-electron chi connectivity index (χ2n) is 5.15. The fraction of sp³-hybridized carbons (Fsp3) is 0.643. The molecule has 0 aliphatic carbocycles. The van der Waals surface area contributed by atoms with Crippen LogP contribution < -0.4 is 5.32 Å². The molecule has 5 heteroatoms. The Hall–Kier alpha value is -1.33. The Labute approximate surface area is 114 Å². The molecule has 19 heavy (non-hydrogen) atoms. The zero-order chi connectivity index (χ0) is 13.7. The molecule has 1 aliphatic rings. The smallest absolute Gasteiger partial charge is 0.354 e. The lowest BCUT2D eigenvalue weighted by molar-refractivity contribution is 0.0594. The van der Waals surface area contributed by atoms with Crippen LogP contribution in [0.4, 0.5) is 0 Å². The minimum absolute atomic E-state index is 0.321. The molecule has 1 fully saturated rings. The van der Waals surface area contributed by atoms with Crippen molar-refractivity contribution in [2.45, 2.75) is 31.8 Å². The molecule has 0 spiro atoms. The number of nitrogens with zero attached hydrogens (tertiary/aromatic N) is 1. The van der Waals surface area contributed by atoms with Crippen molar-refractivity contribution in [2.24, 2.45) is 0 Å². The normalized spacial score (nSPS) is 20.4. The molecular formula is C14H23N3O2. The van der Waals surface area contributed by atoms with E-state index in [0.717, 1.165) is 18.8 Å². The number of nitrogens with one attached hydrogen (secondary N) is 2. The summed E-state index contributed by atoms with van der Waals surface area (Å²) in [4.78, 5) is 16.8. The second kappa shape index (κ2) is 6.73. The average molecular weight is 265 g/mol. The van der Waals surface area contributed by atoms with Gasteiger partial charge in [-0.2, -0.15) is 0 Å². The van der Waals surface area contributed by atoms with Crippen LogP contribution in [0.1, 0.15) is 35.4 Å². The lowest BCUT2D eigenvalue weighted by Crippen LogP contribution is -2.42. The van der Waals surface area contributed by atoms with Gasteiger partial charge in [-0.1, -0.05) is 6.42 Å². The monoisotopic (exact) mass is 265 g/mol. The fourth-order valence-electron chi connectivity index (χ4n) is 2.55. The largest absolute Gasteiger partial charge is 0.464 e. The van der Waals surface area contributed by atoms with Crippen molar-refractivity contribution < 1.29 is 9.53 Å². The number of carbonyl (C=O) groups excluding carboxylic acids is 1.